The largest absolute Gasteiger partial charge is 0.351 e. The van der Waals surface area contributed by atoms with Crippen LogP contribution in [0.25, 0.3) is 10.9 Å². The summed E-state index contributed by atoms with van der Waals surface area (Å²) >= 11 is 0. The lowest BCUT2D eigenvalue weighted by atomic mass is 10.0. The Balaban J connectivity index is 1.22. The molecule has 2 aromatic carbocycles. The van der Waals surface area contributed by atoms with Crippen LogP contribution in [0.1, 0.15) is 23.3 Å². The number of nitrogens with zero attached hydrogens (tertiary/aromatic N) is 1. The van der Waals surface area contributed by atoms with Gasteiger partial charge in [-0.3, -0.25) is 9.59 Å². The van der Waals surface area contributed by atoms with Crippen molar-refractivity contribution in [2.24, 2.45) is 11.8 Å². The Morgan fingerprint density at radius 2 is 1.71 bits per heavy atom. The zero-order chi connectivity index (χ0) is 23.9. The number of nitrogens with one attached hydrogen (secondary N) is 3. The summed E-state index contributed by atoms with van der Waals surface area (Å²) in [5, 5.41) is 6.67. The highest BCUT2D eigenvalue weighted by molar-refractivity contribution is 7.89. The van der Waals surface area contributed by atoms with Gasteiger partial charge in [0.1, 0.15) is 5.69 Å². The van der Waals surface area contributed by atoms with Gasteiger partial charge >= 0.3 is 0 Å². The SMILES string of the molecule is C=CC(=O)NC1CC2CN(S(=O)(=O)c3ccc(NC(=O)c4cc5ccccc5[nH]4)cc3)CC2C1. The van der Waals surface area contributed by atoms with Crippen molar-refractivity contribution in [2.75, 3.05) is 18.4 Å². The molecule has 3 N–H and O–H groups in total. The third kappa shape index (κ3) is 4.24. The van der Waals surface area contributed by atoms with Crippen LogP contribution >= 0.6 is 0 Å². The van der Waals surface area contributed by atoms with Gasteiger partial charge in [-0.05, 0) is 67.2 Å². The Morgan fingerprint density at radius 3 is 2.35 bits per heavy atom. The van der Waals surface area contributed by atoms with Gasteiger partial charge in [-0.2, -0.15) is 4.31 Å². The maximum Gasteiger partial charge on any atom is 0.272 e. The highest BCUT2D eigenvalue weighted by Crippen LogP contribution is 2.40. The lowest BCUT2D eigenvalue weighted by Gasteiger charge is -2.19. The van der Waals surface area contributed by atoms with Crippen LogP contribution in [0.4, 0.5) is 5.69 Å². The number of aromatic amines is 1. The van der Waals surface area contributed by atoms with Gasteiger partial charge in [-0.1, -0.05) is 24.8 Å². The fourth-order valence-electron chi connectivity index (χ4n) is 5.08. The third-order valence-corrected chi connectivity index (χ3v) is 8.62. The predicted molar refractivity (Wildman–Crippen MR) is 130 cm³/mol. The fourth-order valence-corrected chi connectivity index (χ4v) is 6.64. The minimum atomic E-state index is -3.63. The van der Waals surface area contributed by atoms with Crippen molar-refractivity contribution >= 4 is 38.4 Å². The zero-order valence-electron chi connectivity index (χ0n) is 18.5. The lowest BCUT2D eigenvalue weighted by Crippen LogP contribution is -2.35. The number of hydrogen-bond donors (Lipinski definition) is 3. The number of carbonyl (C=O) groups excluding carboxylic acids is 2. The minimum absolute atomic E-state index is 0.0745. The summed E-state index contributed by atoms with van der Waals surface area (Å²) in [7, 11) is -3.63. The maximum atomic E-state index is 13.2. The van der Waals surface area contributed by atoms with E-state index in [-0.39, 0.29) is 34.6 Å². The number of benzene rings is 2. The number of carbonyl (C=O) groups is 2. The summed E-state index contributed by atoms with van der Waals surface area (Å²) in [5.41, 5.74) is 1.82. The number of anilines is 1. The first-order chi connectivity index (χ1) is 16.3. The quantitative estimate of drug-likeness (QED) is 0.473. The molecule has 1 aromatic heterocycles. The van der Waals surface area contributed by atoms with Gasteiger partial charge < -0.3 is 15.6 Å². The topological polar surface area (TPSA) is 111 Å². The predicted octanol–water partition coefficient (Wildman–Crippen LogP) is 3.12. The first kappa shape index (κ1) is 22.4. The van der Waals surface area contributed by atoms with Gasteiger partial charge in [0.2, 0.25) is 15.9 Å². The number of H-pyrrole nitrogens is 1. The fraction of sp³-hybridized carbons (Fsp3) is 0.280. The van der Waals surface area contributed by atoms with Gasteiger partial charge in [0.15, 0.2) is 0 Å². The van der Waals surface area contributed by atoms with E-state index in [1.807, 2.05) is 24.3 Å². The van der Waals surface area contributed by atoms with E-state index in [1.54, 1.807) is 18.2 Å². The van der Waals surface area contributed by atoms with E-state index in [4.69, 9.17) is 0 Å². The second-order valence-electron chi connectivity index (χ2n) is 8.97. The second kappa shape index (κ2) is 8.73. The first-order valence-electron chi connectivity index (χ1n) is 11.3. The molecule has 1 saturated carbocycles. The zero-order valence-corrected chi connectivity index (χ0v) is 19.3. The average molecular weight is 479 g/mol. The van der Waals surface area contributed by atoms with E-state index in [0.717, 1.165) is 23.7 Å². The van der Waals surface area contributed by atoms with Gasteiger partial charge in [-0.25, -0.2) is 8.42 Å². The smallest absolute Gasteiger partial charge is 0.272 e. The molecule has 2 amide bonds. The molecule has 5 rings (SSSR count). The van der Waals surface area contributed by atoms with Crippen LogP contribution in [0.2, 0.25) is 0 Å². The van der Waals surface area contributed by atoms with E-state index in [2.05, 4.69) is 22.2 Å². The van der Waals surface area contributed by atoms with E-state index in [1.165, 1.54) is 22.5 Å². The van der Waals surface area contributed by atoms with Crippen LogP contribution in [0.5, 0.6) is 0 Å². The molecule has 1 aliphatic carbocycles. The van der Waals surface area contributed by atoms with Crippen molar-refractivity contribution in [1.82, 2.24) is 14.6 Å². The van der Waals surface area contributed by atoms with Gasteiger partial charge in [0.05, 0.1) is 4.90 Å². The average Bonchev–Trinajstić information content (AvgIpc) is 3.52. The molecule has 2 aliphatic rings. The number of rotatable bonds is 6. The molecule has 2 fully saturated rings. The van der Waals surface area contributed by atoms with Gasteiger partial charge in [0, 0.05) is 35.7 Å². The number of para-hydroxylation sites is 1. The molecule has 0 spiro atoms. The summed E-state index contributed by atoms with van der Waals surface area (Å²) in [6, 6.07) is 15.7. The molecule has 9 heteroatoms. The molecule has 1 aliphatic heterocycles. The van der Waals surface area contributed by atoms with E-state index < -0.39 is 10.0 Å². The monoisotopic (exact) mass is 478 g/mol. The summed E-state index contributed by atoms with van der Waals surface area (Å²) in [6.45, 7) is 4.38. The Labute approximate surface area is 198 Å². The van der Waals surface area contributed by atoms with Crippen LogP contribution < -0.4 is 10.6 Å². The highest BCUT2D eigenvalue weighted by atomic mass is 32.2. The number of fused-ring (bicyclic) bond motifs is 2. The number of amides is 2. The molecular weight excluding hydrogens is 452 g/mol. The molecule has 1 saturated heterocycles. The summed E-state index contributed by atoms with van der Waals surface area (Å²) < 4.78 is 27.9. The molecule has 34 heavy (non-hydrogen) atoms. The number of sulfonamides is 1. The normalized spacial score (nSPS) is 22.4. The second-order valence-corrected chi connectivity index (χ2v) is 10.9. The van der Waals surface area contributed by atoms with Crippen molar-refractivity contribution in [3.05, 3.63) is 72.9 Å². The van der Waals surface area contributed by atoms with Crippen LogP contribution in [0.15, 0.2) is 72.1 Å². The van der Waals surface area contributed by atoms with Crippen LogP contribution in [0.3, 0.4) is 0 Å². The maximum absolute atomic E-state index is 13.2. The van der Waals surface area contributed by atoms with Gasteiger partial charge in [-0.15, -0.1) is 0 Å². The first-order valence-corrected chi connectivity index (χ1v) is 12.7. The molecule has 2 atom stereocenters. The molecule has 176 valence electrons. The Bertz CT molecular complexity index is 1320. The Hall–Kier alpha value is -3.43. The van der Waals surface area contributed by atoms with Crippen LogP contribution in [-0.4, -0.2) is 48.7 Å². The van der Waals surface area contributed by atoms with Crippen LogP contribution in [-0.2, 0) is 14.8 Å². The molecule has 0 radical (unpaired) electrons. The number of aromatic nitrogens is 1. The lowest BCUT2D eigenvalue weighted by molar-refractivity contribution is -0.117. The van der Waals surface area contributed by atoms with E-state index in [0.29, 0.717) is 24.5 Å². The minimum Gasteiger partial charge on any atom is -0.351 e. The Kier molecular flexibility index (Phi) is 5.75. The van der Waals surface area contributed by atoms with Crippen molar-refractivity contribution in [1.29, 1.82) is 0 Å². The molecular formula is C25H26N4O4S. The van der Waals surface area contributed by atoms with Crippen molar-refractivity contribution in [2.45, 2.75) is 23.8 Å². The van der Waals surface area contributed by atoms with E-state index in [9.17, 15) is 18.0 Å². The molecule has 3 aromatic rings. The summed E-state index contributed by atoms with van der Waals surface area (Å²) in [6.07, 6.45) is 2.81. The molecule has 8 nitrogen and oxygen atoms in total. The highest BCUT2D eigenvalue weighted by Gasteiger charge is 2.45. The molecule has 0 bridgehead atoms. The molecule has 2 unspecified atom stereocenters. The standard InChI is InChI=1S/C25H26N4O4S/c1-2-24(30)26-20-11-17-14-29(15-18(17)12-20)34(32,33)21-9-7-19(8-10-21)27-25(31)23-13-16-5-3-4-6-22(16)28-23/h2-10,13,17-18,20,28H,1,11-12,14-15H2,(H,26,30)(H,27,31). The van der Waals surface area contributed by atoms with Crippen molar-refractivity contribution < 1.29 is 18.0 Å². The van der Waals surface area contributed by atoms with Crippen LogP contribution in [0, 0.1) is 11.8 Å². The van der Waals surface area contributed by atoms with Crippen molar-refractivity contribution in [3.8, 4) is 0 Å². The van der Waals surface area contributed by atoms with Crippen molar-refractivity contribution in [3.63, 3.8) is 0 Å². The summed E-state index contributed by atoms with van der Waals surface area (Å²) in [5.74, 6) is -0.0111. The molecule has 2 heterocycles. The van der Waals surface area contributed by atoms with Gasteiger partial charge in [0.25, 0.3) is 5.91 Å². The number of hydrogen-bond acceptors (Lipinski definition) is 4. The van der Waals surface area contributed by atoms with E-state index >= 15 is 0 Å². The Morgan fingerprint density at radius 1 is 1.03 bits per heavy atom. The third-order valence-electron chi connectivity index (χ3n) is 6.77. The summed E-state index contributed by atoms with van der Waals surface area (Å²) in [4.78, 5) is 27.4.